The molecule has 0 amide bonds. The number of esters is 1. The second-order valence-electron chi connectivity index (χ2n) is 3.84. The Hall–Kier alpha value is -1.50. The first kappa shape index (κ1) is 15.6. The molecule has 1 rings (SSSR count). The van der Waals surface area contributed by atoms with Crippen molar-refractivity contribution in [3.05, 3.63) is 17.3 Å². The number of aromatic nitrogens is 1. The molecule has 108 valence electrons. The number of halogens is 2. The maximum absolute atomic E-state index is 11.9. The lowest BCUT2D eigenvalue weighted by Gasteiger charge is -2.00. The van der Waals surface area contributed by atoms with Crippen LogP contribution in [0.15, 0.2) is 4.42 Å². The van der Waals surface area contributed by atoms with E-state index in [-0.39, 0.29) is 24.7 Å². The van der Waals surface area contributed by atoms with Gasteiger partial charge in [0.25, 0.3) is 6.43 Å². The molecule has 1 heterocycles. The van der Waals surface area contributed by atoms with Crippen molar-refractivity contribution in [3.8, 4) is 0 Å². The van der Waals surface area contributed by atoms with E-state index in [1.807, 2.05) is 6.92 Å². The van der Waals surface area contributed by atoms with Gasteiger partial charge in [-0.2, -0.15) is 0 Å². The van der Waals surface area contributed by atoms with Crippen LogP contribution < -0.4 is 0 Å². The standard InChI is InChI=1S/C12H17F2NO4/c1-3-4-8-11(12(16)17-2)19-10(15-8)5-6-18-7-9(13)14/h9H,3-7H2,1-2H3. The van der Waals surface area contributed by atoms with E-state index in [9.17, 15) is 13.6 Å². The van der Waals surface area contributed by atoms with Gasteiger partial charge in [-0.05, 0) is 6.42 Å². The number of methoxy groups -OCH3 is 1. The largest absolute Gasteiger partial charge is 0.463 e. The van der Waals surface area contributed by atoms with Crippen LogP contribution >= 0.6 is 0 Å². The summed E-state index contributed by atoms with van der Waals surface area (Å²) in [7, 11) is 1.26. The normalized spacial score (nSPS) is 11.0. The number of nitrogens with zero attached hydrogens (tertiary/aromatic N) is 1. The van der Waals surface area contributed by atoms with Crippen LogP contribution in [0.5, 0.6) is 0 Å². The number of ether oxygens (including phenoxy) is 2. The molecular formula is C12H17F2NO4. The Morgan fingerprint density at radius 1 is 1.42 bits per heavy atom. The van der Waals surface area contributed by atoms with Gasteiger partial charge < -0.3 is 13.9 Å². The van der Waals surface area contributed by atoms with Gasteiger partial charge in [0.15, 0.2) is 5.89 Å². The summed E-state index contributed by atoms with van der Waals surface area (Å²) < 4.78 is 38.3. The lowest BCUT2D eigenvalue weighted by Crippen LogP contribution is -2.07. The minimum Gasteiger partial charge on any atom is -0.463 e. The summed E-state index contributed by atoms with van der Waals surface area (Å²) in [4.78, 5) is 15.6. The molecule has 0 unspecified atom stereocenters. The first-order chi connectivity index (χ1) is 9.08. The number of hydrogen-bond donors (Lipinski definition) is 0. The Morgan fingerprint density at radius 3 is 2.74 bits per heavy atom. The highest BCUT2D eigenvalue weighted by molar-refractivity contribution is 5.87. The lowest BCUT2D eigenvalue weighted by atomic mass is 10.2. The van der Waals surface area contributed by atoms with Gasteiger partial charge in [-0.1, -0.05) is 13.3 Å². The summed E-state index contributed by atoms with van der Waals surface area (Å²) in [6.45, 7) is 1.39. The van der Waals surface area contributed by atoms with Gasteiger partial charge in [-0.3, -0.25) is 0 Å². The van der Waals surface area contributed by atoms with Crippen LogP contribution in [-0.2, 0) is 22.3 Å². The highest BCUT2D eigenvalue weighted by atomic mass is 19.3. The summed E-state index contributed by atoms with van der Waals surface area (Å²) >= 11 is 0. The second kappa shape index (κ2) is 7.83. The van der Waals surface area contributed by atoms with E-state index in [4.69, 9.17) is 9.15 Å². The fourth-order valence-corrected chi connectivity index (χ4v) is 1.50. The predicted molar refractivity (Wildman–Crippen MR) is 62.4 cm³/mol. The smallest absolute Gasteiger partial charge is 0.375 e. The molecule has 5 nitrogen and oxygen atoms in total. The van der Waals surface area contributed by atoms with Crippen molar-refractivity contribution in [3.63, 3.8) is 0 Å². The van der Waals surface area contributed by atoms with Gasteiger partial charge in [0, 0.05) is 6.42 Å². The minimum absolute atomic E-state index is 0.0665. The van der Waals surface area contributed by atoms with Crippen molar-refractivity contribution in [2.24, 2.45) is 0 Å². The highest BCUT2D eigenvalue weighted by Gasteiger charge is 2.20. The van der Waals surface area contributed by atoms with Crippen LogP contribution in [-0.4, -0.2) is 37.7 Å². The van der Waals surface area contributed by atoms with E-state index in [0.29, 0.717) is 12.1 Å². The summed E-state index contributed by atoms with van der Waals surface area (Å²) in [6, 6.07) is 0. The molecule has 1 aromatic rings. The lowest BCUT2D eigenvalue weighted by molar-refractivity contribution is 0.0172. The van der Waals surface area contributed by atoms with Crippen LogP contribution in [0, 0.1) is 0 Å². The number of hydrogen-bond acceptors (Lipinski definition) is 5. The third-order valence-corrected chi connectivity index (χ3v) is 2.30. The zero-order valence-electron chi connectivity index (χ0n) is 10.9. The third kappa shape index (κ3) is 4.94. The number of alkyl halides is 2. The molecule has 1 aromatic heterocycles. The van der Waals surface area contributed by atoms with E-state index in [1.54, 1.807) is 0 Å². The van der Waals surface area contributed by atoms with Gasteiger partial charge in [0.1, 0.15) is 6.61 Å². The number of rotatable bonds is 8. The minimum atomic E-state index is -2.49. The number of aryl methyl sites for hydroxylation is 1. The third-order valence-electron chi connectivity index (χ3n) is 2.30. The number of carbonyl (C=O) groups excluding carboxylic acids is 1. The van der Waals surface area contributed by atoms with Crippen molar-refractivity contribution < 1.29 is 27.5 Å². The summed E-state index contributed by atoms with van der Waals surface area (Å²) in [5.41, 5.74) is 0.526. The van der Waals surface area contributed by atoms with E-state index >= 15 is 0 Å². The summed E-state index contributed by atoms with van der Waals surface area (Å²) in [6.07, 6.45) is -0.866. The molecule has 0 bridgehead atoms. The van der Waals surface area contributed by atoms with Crippen molar-refractivity contribution in [2.75, 3.05) is 20.3 Å². The average molecular weight is 277 g/mol. The highest BCUT2D eigenvalue weighted by Crippen LogP contribution is 2.15. The molecule has 0 spiro atoms. The van der Waals surface area contributed by atoms with Crippen LogP contribution in [0.3, 0.4) is 0 Å². The molecule has 0 atom stereocenters. The number of oxazole rings is 1. The zero-order valence-corrected chi connectivity index (χ0v) is 10.9. The van der Waals surface area contributed by atoms with Crippen molar-refractivity contribution >= 4 is 5.97 Å². The molecule has 0 radical (unpaired) electrons. The monoisotopic (exact) mass is 277 g/mol. The molecule has 0 aromatic carbocycles. The van der Waals surface area contributed by atoms with Crippen LogP contribution in [0.1, 0.15) is 35.5 Å². The van der Waals surface area contributed by atoms with Gasteiger partial charge in [-0.25, -0.2) is 18.6 Å². The molecule has 0 fully saturated rings. The van der Waals surface area contributed by atoms with E-state index in [0.717, 1.165) is 6.42 Å². The Kier molecular flexibility index (Phi) is 6.41. The Labute approximate surface area is 109 Å². The molecule has 0 N–H and O–H groups in total. The Bertz CT molecular complexity index is 406. The fraction of sp³-hybridized carbons (Fsp3) is 0.667. The molecule has 19 heavy (non-hydrogen) atoms. The van der Waals surface area contributed by atoms with Crippen molar-refractivity contribution in [2.45, 2.75) is 32.6 Å². The zero-order chi connectivity index (χ0) is 14.3. The van der Waals surface area contributed by atoms with Crippen molar-refractivity contribution in [1.82, 2.24) is 4.98 Å². The SMILES string of the molecule is CCCc1nc(CCOCC(F)F)oc1C(=O)OC. The Balaban J connectivity index is 2.61. The summed E-state index contributed by atoms with van der Waals surface area (Å²) in [5.74, 6) is -0.220. The molecule has 0 aliphatic rings. The predicted octanol–water partition coefficient (Wildman–Crippen LogP) is 2.24. The Morgan fingerprint density at radius 2 is 2.16 bits per heavy atom. The molecule has 7 heteroatoms. The number of carbonyl (C=O) groups is 1. The van der Waals surface area contributed by atoms with Crippen molar-refractivity contribution in [1.29, 1.82) is 0 Å². The van der Waals surface area contributed by atoms with E-state index < -0.39 is 19.0 Å². The maximum Gasteiger partial charge on any atom is 0.375 e. The maximum atomic E-state index is 11.9. The van der Waals surface area contributed by atoms with Gasteiger partial charge in [0.2, 0.25) is 5.76 Å². The van der Waals surface area contributed by atoms with Gasteiger partial charge in [0.05, 0.1) is 19.4 Å². The second-order valence-corrected chi connectivity index (χ2v) is 3.84. The van der Waals surface area contributed by atoms with Gasteiger partial charge in [-0.15, -0.1) is 0 Å². The molecular weight excluding hydrogens is 260 g/mol. The molecule has 0 saturated heterocycles. The topological polar surface area (TPSA) is 61.6 Å². The van der Waals surface area contributed by atoms with Crippen LogP contribution in [0.25, 0.3) is 0 Å². The molecule has 0 saturated carbocycles. The first-order valence-corrected chi connectivity index (χ1v) is 6.01. The fourth-order valence-electron chi connectivity index (χ4n) is 1.50. The summed E-state index contributed by atoms with van der Waals surface area (Å²) in [5, 5.41) is 0. The van der Waals surface area contributed by atoms with E-state index in [1.165, 1.54) is 7.11 Å². The van der Waals surface area contributed by atoms with Crippen LogP contribution in [0.2, 0.25) is 0 Å². The molecule has 0 aliphatic heterocycles. The molecule has 0 aliphatic carbocycles. The van der Waals surface area contributed by atoms with Gasteiger partial charge >= 0.3 is 5.97 Å². The van der Waals surface area contributed by atoms with Crippen LogP contribution in [0.4, 0.5) is 8.78 Å². The quantitative estimate of drug-likeness (QED) is 0.538. The first-order valence-electron chi connectivity index (χ1n) is 6.01. The average Bonchev–Trinajstić information content (AvgIpc) is 2.77. The van der Waals surface area contributed by atoms with E-state index in [2.05, 4.69) is 9.72 Å².